The standard InChI is InChI=1S/C10H13NO/c1-11-6-8-4-2-3-5-9(8)10(12)7-11/h2-5,10,12H,6-7H2,1H3. The number of aliphatic hydroxyl groups excluding tert-OH is 1. The first-order valence-corrected chi connectivity index (χ1v) is 4.22. The van der Waals surface area contributed by atoms with E-state index in [0.717, 1.165) is 18.7 Å². The van der Waals surface area contributed by atoms with Gasteiger partial charge in [0.15, 0.2) is 0 Å². The Bertz CT molecular complexity index is 285. The van der Waals surface area contributed by atoms with E-state index in [1.165, 1.54) is 5.56 Å². The van der Waals surface area contributed by atoms with E-state index in [9.17, 15) is 5.11 Å². The van der Waals surface area contributed by atoms with Crippen LogP contribution in [0.4, 0.5) is 0 Å². The summed E-state index contributed by atoms with van der Waals surface area (Å²) in [6.07, 6.45) is -0.306. The van der Waals surface area contributed by atoms with Gasteiger partial charge in [-0.3, -0.25) is 4.90 Å². The average Bonchev–Trinajstić information content (AvgIpc) is 2.04. The monoisotopic (exact) mass is 163 g/mol. The Morgan fingerprint density at radius 2 is 2.17 bits per heavy atom. The molecule has 2 rings (SSSR count). The van der Waals surface area contributed by atoms with Crippen LogP contribution in [0.25, 0.3) is 0 Å². The Kier molecular flexibility index (Phi) is 1.87. The quantitative estimate of drug-likeness (QED) is 0.620. The van der Waals surface area contributed by atoms with Crippen molar-refractivity contribution in [2.24, 2.45) is 0 Å². The molecule has 0 bridgehead atoms. The molecular formula is C10H13NO. The van der Waals surface area contributed by atoms with Crippen molar-refractivity contribution in [3.63, 3.8) is 0 Å². The van der Waals surface area contributed by atoms with Crippen molar-refractivity contribution in [1.82, 2.24) is 4.90 Å². The highest BCUT2D eigenvalue weighted by Crippen LogP contribution is 2.24. The van der Waals surface area contributed by atoms with Gasteiger partial charge in [0.05, 0.1) is 6.10 Å². The van der Waals surface area contributed by atoms with Crippen LogP contribution in [0.1, 0.15) is 17.2 Å². The van der Waals surface area contributed by atoms with Crippen molar-refractivity contribution in [3.05, 3.63) is 35.4 Å². The molecule has 1 unspecified atom stereocenters. The summed E-state index contributed by atoms with van der Waals surface area (Å²) in [5.74, 6) is 0. The third-order valence-electron chi connectivity index (χ3n) is 2.34. The van der Waals surface area contributed by atoms with Gasteiger partial charge in [0, 0.05) is 13.1 Å². The summed E-state index contributed by atoms with van der Waals surface area (Å²) in [4.78, 5) is 2.13. The third-order valence-corrected chi connectivity index (χ3v) is 2.34. The van der Waals surface area contributed by atoms with Gasteiger partial charge < -0.3 is 5.11 Å². The van der Waals surface area contributed by atoms with Gasteiger partial charge in [-0.1, -0.05) is 24.3 Å². The van der Waals surface area contributed by atoms with Gasteiger partial charge >= 0.3 is 0 Å². The lowest BCUT2D eigenvalue weighted by molar-refractivity contribution is 0.108. The minimum Gasteiger partial charge on any atom is -0.387 e. The Morgan fingerprint density at radius 1 is 1.42 bits per heavy atom. The van der Waals surface area contributed by atoms with Crippen molar-refractivity contribution >= 4 is 0 Å². The van der Waals surface area contributed by atoms with Gasteiger partial charge in [0.25, 0.3) is 0 Å². The lowest BCUT2D eigenvalue weighted by Gasteiger charge is -2.28. The summed E-state index contributed by atoms with van der Waals surface area (Å²) in [5.41, 5.74) is 2.34. The first-order chi connectivity index (χ1) is 5.77. The Morgan fingerprint density at radius 3 is 3.00 bits per heavy atom. The lowest BCUT2D eigenvalue weighted by atomic mass is 9.98. The normalized spacial score (nSPS) is 23.7. The Labute approximate surface area is 72.4 Å². The smallest absolute Gasteiger partial charge is 0.0920 e. The molecule has 64 valence electrons. The summed E-state index contributed by atoms with van der Waals surface area (Å²) in [6, 6.07) is 8.08. The molecule has 0 radical (unpaired) electrons. The number of rotatable bonds is 0. The summed E-state index contributed by atoms with van der Waals surface area (Å²) >= 11 is 0. The highest BCUT2D eigenvalue weighted by Gasteiger charge is 2.19. The van der Waals surface area contributed by atoms with Crippen molar-refractivity contribution in [2.45, 2.75) is 12.6 Å². The maximum atomic E-state index is 9.69. The predicted octanol–water partition coefficient (Wildman–Crippen LogP) is 1.17. The van der Waals surface area contributed by atoms with E-state index in [2.05, 4.69) is 11.0 Å². The average molecular weight is 163 g/mol. The van der Waals surface area contributed by atoms with Crippen molar-refractivity contribution in [2.75, 3.05) is 13.6 Å². The molecule has 2 heteroatoms. The molecule has 12 heavy (non-hydrogen) atoms. The van der Waals surface area contributed by atoms with Crippen LogP contribution in [0, 0.1) is 0 Å². The first kappa shape index (κ1) is 7.77. The van der Waals surface area contributed by atoms with E-state index in [1.54, 1.807) is 0 Å². The highest BCUT2D eigenvalue weighted by atomic mass is 16.3. The van der Waals surface area contributed by atoms with Crippen LogP contribution in [-0.4, -0.2) is 23.6 Å². The molecule has 1 aromatic rings. The second-order valence-electron chi connectivity index (χ2n) is 3.41. The summed E-state index contributed by atoms with van der Waals surface area (Å²) < 4.78 is 0. The van der Waals surface area contributed by atoms with E-state index in [4.69, 9.17) is 0 Å². The highest BCUT2D eigenvalue weighted by molar-refractivity contribution is 5.30. The van der Waals surface area contributed by atoms with Crippen molar-refractivity contribution in [3.8, 4) is 0 Å². The van der Waals surface area contributed by atoms with Crippen LogP contribution in [0.5, 0.6) is 0 Å². The van der Waals surface area contributed by atoms with Crippen LogP contribution >= 0.6 is 0 Å². The predicted molar refractivity (Wildman–Crippen MR) is 47.7 cm³/mol. The molecule has 1 aliphatic heterocycles. The molecule has 0 spiro atoms. The van der Waals surface area contributed by atoms with E-state index in [1.807, 2.05) is 25.2 Å². The molecule has 2 nitrogen and oxygen atoms in total. The molecule has 1 aromatic carbocycles. The fraction of sp³-hybridized carbons (Fsp3) is 0.400. The van der Waals surface area contributed by atoms with Crippen molar-refractivity contribution < 1.29 is 5.11 Å². The maximum absolute atomic E-state index is 9.69. The van der Waals surface area contributed by atoms with E-state index in [0.29, 0.717) is 0 Å². The van der Waals surface area contributed by atoms with Crippen LogP contribution in [0.2, 0.25) is 0 Å². The number of hydrogen-bond acceptors (Lipinski definition) is 2. The number of fused-ring (bicyclic) bond motifs is 1. The molecule has 1 N–H and O–H groups in total. The number of nitrogens with zero attached hydrogens (tertiary/aromatic N) is 1. The molecule has 0 amide bonds. The fourth-order valence-electron chi connectivity index (χ4n) is 1.75. The Hall–Kier alpha value is -0.860. The van der Waals surface area contributed by atoms with Crippen LogP contribution < -0.4 is 0 Å². The second-order valence-corrected chi connectivity index (χ2v) is 3.41. The topological polar surface area (TPSA) is 23.5 Å². The molecule has 0 saturated heterocycles. The van der Waals surface area contributed by atoms with Crippen LogP contribution in [0.3, 0.4) is 0 Å². The van der Waals surface area contributed by atoms with Gasteiger partial charge in [-0.15, -0.1) is 0 Å². The second kappa shape index (κ2) is 2.88. The number of likely N-dealkylation sites (N-methyl/N-ethyl adjacent to an activating group) is 1. The maximum Gasteiger partial charge on any atom is 0.0920 e. The van der Waals surface area contributed by atoms with Gasteiger partial charge in [-0.25, -0.2) is 0 Å². The van der Waals surface area contributed by atoms with Gasteiger partial charge in [0.2, 0.25) is 0 Å². The molecule has 0 aliphatic carbocycles. The molecular weight excluding hydrogens is 150 g/mol. The molecule has 0 aromatic heterocycles. The number of hydrogen-bond donors (Lipinski definition) is 1. The van der Waals surface area contributed by atoms with Gasteiger partial charge in [-0.2, -0.15) is 0 Å². The minimum atomic E-state index is -0.306. The SMILES string of the molecule is CN1Cc2ccccc2C(O)C1. The zero-order valence-electron chi connectivity index (χ0n) is 7.20. The molecule has 0 saturated carbocycles. The third kappa shape index (κ3) is 1.24. The first-order valence-electron chi connectivity index (χ1n) is 4.22. The molecule has 1 aliphatic rings. The number of benzene rings is 1. The molecule has 0 fully saturated rings. The summed E-state index contributed by atoms with van der Waals surface area (Å²) in [7, 11) is 2.03. The minimum absolute atomic E-state index is 0.306. The van der Waals surface area contributed by atoms with E-state index >= 15 is 0 Å². The van der Waals surface area contributed by atoms with Gasteiger partial charge in [-0.05, 0) is 18.2 Å². The van der Waals surface area contributed by atoms with E-state index < -0.39 is 0 Å². The fourth-order valence-corrected chi connectivity index (χ4v) is 1.75. The van der Waals surface area contributed by atoms with E-state index in [-0.39, 0.29) is 6.10 Å². The van der Waals surface area contributed by atoms with Crippen LogP contribution in [-0.2, 0) is 6.54 Å². The molecule has 1 atom stereocenters. The van der Waals surface area contributed by atoms with Crippen LogP contribution in [0.15, 0.2) is 24.3 Å². The Balaban J connectivity index is 2.40. The zero-order chi connectivity index (χ0) is 8.55. The lowest BCUT2D eigenvalue weighted by Crippen LogP contribution is -2.30. The van der Waals surface area contributed by atoms with Crippen molar-refractivity contribution in [1.29, 1.82) is 0 Å². The van der Waals surface area contributed by atoms with Gasteiger partial charge in [0.1, 0.15) is 0 Å². The summed E-state index contributed by atoms with van der Waals surface area (Å²) in [6.45, 7) is 1.70. The zero-order valence-corrected chi connectivity index (χ0v) is 7.20. The number of aliphatic hydroxyl groups is 1. The summed E-state index contributed by atoms with van der Waals surface area (Å²) in [5, 5.41) is 9.69. The largest absolute Gasteiger partial charge is 0.387 e. The molecule has 1 heterocycles. The number of β-amino-alcohol motifs (C(OH)–C–C–N with tert-alkyl or cyclic N) is 1.